The Morgan fingerprint density at radius 2 is 1.59 bits per heavy atom. The van der Waals surface area contributed by atoms with Gasteiger partial charge in [-0.3, -0.25) is 4.79 Å². The third-order valence-corrected chi connectivity index (χ3v) is 3.57. The second-order valence-corrected chi connectivity index (χ2v) is 5.68. The fourth-order valence-electron chi connectivity index (χ4n) is 2.20. The molecule has 0 aliphatic rings. The van der Waals surface area contributed by atoms with Gasteiger partial charge in [0, 0.05) is 24.8 Å². The summed E-state index contributed by atoms with van der Waals surface area (Å²) in [5.74, 6) is 0.524. The molecule has 22 heavy (non-hydrogen) atoms. The van der Waals surface area contributed by atoms with Crippen molar-refractivity contribution >= 4 is 24.0 Å². The van der Waals surface area contributed by atoms with Crippen molar-refractivity contribution in [1.82, 2.24) is 4.90 Å². The molecule has 0 spiro atoms. The lowest BCUT2D eigenvalue weighted by Gasteiger charge is -2.18. The summed E-state index contributed by atoms with van der Waals surface area (Å²) in [7, 11) is 1.81. The van der Waals surface area contributed by atoms with E-state index in [2.05, 4.69) is 38.1 Å². The lowest BCUT2D eigenvalue weighted by Crippen LogP contribution is -2.26. The molecular formula is C18H23ClN2O. The fourth-order valence-corrected chi connectivity index (χ4v) is 2.20. The number of hydrogen-bond donors (Lipinski definition) is 1. The number of nitrogens with two attached hydrogens (primary N) is 1. The van der Waals surface area contributed by atoms with E-state index < -0.39 is 0 Å². The first-order valence-electron chi connectivity index (χ1n) is 7.17. The standard InChI is InChI=1S/C18H22N2O.ClH/c1-13(2)15-6-4-14(5-7-15)12-20(3)18(21)16-8-10-17(19)11-9-16;/h4-11,13H,12,19H2,1-3H3;1H. The Bertz CT molecular complexity index is 606. The predicted molar refractivity (Wildman–Crippen MR) is 94.4 cm³/mol. The van der Waals surface area contributed by atoms with Crippen LogP contribution in [0.4, 0.5) is 5.69 Å². The highest BCUT2D eigenvalue weighted by molar-refractivity contribution is 5.94. The van der Waals surface area contributed by atoms with E-state index in [4.69, 9.17) is 5.73 Å². The highest BCUT2D eigenvalue weighted by Gasteiger charge is 2.11. The molecule has 0 saturated carbocycles. The molecule has 0 aliphatic carbocycles. The van der Waals surface area contributed by atoms with Crippen LogP contribution in [0.5, 0.6) is 0 Å². The van der Waals surface area contributed by atoms with Crippen LogP contribution >= 0.6 is 12.4 Å². The number of hydrogen-bond acceptors (Lipinski definition) is 2. The summed E-state index contributed by atoms with van der Waals surface area (Å²) < 4.78 is 0. The lowest BCUT2D eigenvalue weighted by molar-refractivity contribution is 0.0785. The molecule has 2 aromatic carbocycles. The average molecular weight is 319 g/mol. The van der Waals surface area contributed by atoms with Crippen molar-refractivity contribution in [2.24, 2.45) is 0 Å². The van der Waals surface area contributed by atoms with Crippen molar-refractivity contribution in [1.29, 1.82) is 0 Å². The first-order valence-corrected chi connectivity index (χ1v) is 7.17. The second kappa shape index (κ2) is 7.85. The monoisotopic (exact) mass is 318 g/mol. The van der Waals surface area contributed by atoms with E-state index in [1.807, 2.05) is 7.05 Å². The van der Waals surface area contributed by atoms with Crippen LogP contribution in [0.2, 0.25) is 0 Å². The van der Waals surface area contributed by atoms with Crippen LogP contribution in [-0.2, 0) is 6.54 Å². The SMILES string of the molecule is CC(C)c1ccc(CN(C)C(=O)c2ccc(N)cc2)cc1.Cl. The van der Waals surface area contributed by atoms with E-state index in [1.165, 1.54) is 5.56 Å². The molecule has 0 aromatic heterocycles. The van der Waals surface area contributed by atoms with Crippen LogP contribution in [0.3, 0.4) is 0 Å². The van der Waals surface area contributed by atoms with Crippen LogP contribution < -0.4 is 5.73 Å². The van der Waals surface area contributed by atoms with Gasteiger partial charge in [-0.2, -0.15) is 0 Å². The minimum Gasteiger partial charge on any atom is -0.399 e. The Kier molecular flexibility index (Phi) is 6.44. The van der Waals surface area contributed by atoms with Crippen LogP contribution in [0, 0.1) is 0 Å². The summed E-state index contributed by atoms with van der Waals surface area (Å²) in [6, 6.07) is 15.4. The Labute approximate surface area is 138 Å². The number of carbonyl (C=O) groups is 1. The van der Waals surface area contributed by atoms with E-state index >= 15 is 0 Å². The van der Waals surface area contributed by atoms with E-state index in [9.17, 15) is 4.79 Å². The normalized spacial score (nSPS) is 10.2. The molecule has 0 atom stereocenters. The maximum atomic E-state index is 12.3. The Morgan fingerprint density at radius 1 is 1.05 bits per heavy atom. The van der Waals surface area contributed by atoms with Gasteiger partial charge in [0.15, 0.2) is 0 Å². The average Bonchev–Trinajstić information content (AvgIpc) is 2.47. The zero-order chi connectivity index (χ0) is 15.4. The summed E-state index contributed by atoms with van der Waals surface area (Å²) >= 11 is 0. The zero-order valence-corrected chi connectivity index (χ0v) is 14.1. The minimum atomic E-state index is 0. The van der Waals surface area contributed by atoms with Crippen molar-refractivity contribution < 1.29 is 4.79 Å². The van der Waals surface area contributed by atoms with Gasteiger partial charge in [-0.1, -0.05) is 38.1 Å². The predicted octanol–water partition coefficient (Wildman–Crippen LogP) is 4.09. The molecule has 0 radical (unpaired) electrons. The highest BCUT2D eigenvalue weighted by atomic mass is 35.5. The molecule has 0 fully saturated rings. The second-order valence-electron chi connectivity index (χ2n) is 5.68. The number of benzene rings is 2. The smallest absolute Gasteiger partial charge is 0.253 e. The van der Waals surface area contributed by atoms with E-state index in [0.29, 0.717) is 23.7 Å². The zero-order valence-electron chi connectivity index (χ0n) is 13.2. The Balaban J connectivity index is 0.00000242. The number of rotatable bonds is 4. The van der Waals surface area contributed by atoms with Gasteiger partial charge in [-0.15, -0.1) is 12.4 Å². The Morgan fingerprint density at radius 3 is 2.09 bits per heavy atom. The van der Waals surface area contributed by atoms with E-state index in [1.54, 1.807) is 29.2 Å². The highest BCUT2D eigenvalue weighted by Crippen LogP contribution is 2.16. The van der Waals surface area contributed by atoms with Gasteiger partial charge in [0.1, 0.15) is 0 Å². The van der Waals surface area contributed by atoms with E-state index in [-0.39, 0.29) is 18.3 Å². The number of nitrogen functional groups attached to an aromatic ring is 1. The quantitative estimate of drug-likeness (QED) is 0.863. The third kappa shape index (κ3) is 4.50. The van der Waals surface area contributed by atoms with Gasteiger partial charge in [0.25, 0.3) is 5.91 Å². The molecule has 0 saturated heterocycles. The van der Waals surface area contributed by atoms with Crippen LogP contribution in [0.25, 0.3) is 0 Å². The molecule has 3 nitrogen and oxygen atoms in total. The number of amides is 1. The largest absolute Gasteiger partial charge is 0.399 e. The summed E-state index contributed by atoms with van der Waals surface area (Å²) in [4.78, 5) is 14.0. The lowest BCUT2D eigenvalue weighted by atomic mass is 10.0. The van der Waals surface area contributed by atoms with Crippen molar-refractivity contribution in [2.45, 2.75) is 26.3 Å². The van der Waals surface area contributed by atoms with Gasteiger partial charge in [0.05, 0.1) is 0 Å². The van der Waals surface area contributed by atoms with Crippen molar-refractivity contribution in [3.8, 4) is 0 Å². The molecule has 0 heterocycles. The minimum absolute atomic E-state index is 0. The molecule has 2 aromatic rings. The molecule has 0 unspecified atom stereocenters. The summed E-state index contributed by atoms with van der Waals surface area (Å²) in [5.41, 5.74) is 9.40. The first kappa shape index (κ1) is 18.1. The molecule has 0 aliphatic heterocycles. The topological polar surface area (TPSA) is 46.3 Å². The number of halogens is 1. The van der Waals surface area contributed by atoms with Gasteiger partial charge in [0.2, 0.25) is 0 Å². The molecule has 0 bridgehead atoms. The third-order valence-electron chi connectivity index (χ3n) is 3.57. The molecule has 118 valence electrons. The number of carbonyl (C=O) groups excluding carboxylic acids is 1. The number of nitrogens with zero attached hydrogens (tertiary/aromatic N) is 1. The molecule has 2 N–H and O–H groups in total. The van der Waals surface area contributed by atoms with Crippen LogP contribution in [-0.4, -0.2) is 17.9 Å². The van der Waals surface area contributed by atoms with Gasteiger partial charge in [-0.05, 0) is 41.3 Å². The van der Waals surface area contributed by atoms with E-state index in [0.717, 1.165) is 5.56 Å². The molecule has 1 amide bonds. The molecule has 2 rings (SSSR count). The van der Waals surface area contributed by atoms with Crippen LogP contribution in [0.15, 0.2) is 48.5 Å². The van der Waals surface area contributed by atoms with Gasteiger partial charge in [-0.25, -0.2) is 0 Å². The Hall–Kier alpha value is -2.00. The molecule has 4 heteroatoms. The maximum absolute atomic E-state index is 12.3. The van der Waals surface area contributed by atoms with Crippen molar-refractivity contribution in [3.63, 3.8) is 0 Å². The first-order chi connectivity index (χ1) is 9.97. The van der Waals surface area contributed by atoms with Crippen LogP contribution in [0.1, 0.15) is 41.3 Å². The van der Waals surface area contributed by atoms with Crippen molar-refractivity contribution in [3.05, 3.63) is 65.2 Å². The maximum Gasteiger partial charge on any atom is 0.253 e. The summed E-state index contributed by atoms with van der Waals surface area (Å²) in [6.07, 6.45) is 0. The van der Waals surface area contributed by atoms with Crippen molar-refractivity contribution in [2.75, 3.05) is 12.8 Å². The fraction of sp³-hybridized carbons (Fsp3) is 0.278. The van der Waals surface area contributed by atoms with Gasteiger partial charge < -0.3 is 10.6 Å². The summed E-state index contributed by atoms with van der Waals surface area (Å²) in [6.45, 7) is 4.94. The summed E-state index contributed by atoms with van der Waals surface area (Å²) in [5, 5.41) is 0. The number of anilines is 1. The van der Waals surface area contributed by atoms with Gasteiger partial charge >= 0.3 is 0 Å². The molecular weight excluding hydrogens is 296 g/mol.